The molecule has 0 radical (unpaired) electrons. The molecule has 0 heterocycles. The van der Waals surface area contributed by atoms with Gasteiger partial charge in [-0.15, -0.1) is 0 Å². The Morgan fingerprint density at radius 3 is 0.958 bits per heavy atom. The molecule has 0 amide bonds. The maximum absolute atomic E-state index is 2.09. The summed E-state index contributed by atoms with van der Waals surface area (Å²) in [6.07, 6.45) is 24.4. The van der Waals surface area contributed by atoms with Gasteiger partial charge in [0, 0.05) is 0 Å². The Labute approximate surface area is 145 Å². The molecule has 0 atom stereocenters. The van der Waals surface area contributed by atoms with E-state index in [2.05, 4.69) is 36.4 Å². The maximum Gasteiger partial charge on any atom is -0.0257 e. The minimum atomic E-state index is 1.21. The summed E-state index contributed by atoms with van der Waals surface area (Å²) >= 11 is 0. The molecule has 2 aromatic rings. The van der Waals surface area contributed by atoms with E-state index < -0.39 is 0 Å². The van der Waals surface area contributed by atoms with E-state index in [9.17, 15) is 0 Å². The molecule has 2 aromatic carbocycles. The van der Waals surface area contributed by atoms with Gasteiger partial charge in [0.1, 0.15) is 0 Å². The molecule has 0 saturated heterocycles. The summed E-state index contributed by atoms with van der Waals surface area (Å²) in [5, 5.41) is 0. The van der Waals surface area contributed by atoms with Gasteiger partial charge in [0.25, 0.3) is 0 Å². The first-order valence-corrected chi connectivity index (χ1v) is 8.07. The van der Waals surface area contributed by atoms with Gasteiger partial charge in [-0.1, -0.05) is 134 Å². The lowest BCUT2D eigenvalue weighted by Crippen LogP contribution is -1.66. The summed E-state index contributed by atoms with van der Waals surface area (Å²) < 4.78 is 0. The van der Waals surface area contributed by atoms with Gasteiger partial charge in [-0.2, -0.15) is 0 Å². The van der Waals surface area contributed by atoms with Crippen molar-refractivity contribution in [3.05, 3.63) is 133 Å². The molecule has 0 N–H and O–H groups in total. The molecule has 0 aliphatic rings. The molecule has 0 bridgehead atoms. The summed E-state index contributed by atoms with van der Waals surface area (Å²) in [5.74, 6) is 0. The Kier molecular flexibility index (Phi) is 8.22. The van der Waals surface area contributed by atoms with Gasteiger partial charge in [-0.05, 0) is 11.1 Å². The second kappa shape index (κ2) is 11.4. The Bertz CT molecular complexity index is 672. The van der Waals surface area contributed by atoms with Crippen LogP contribution < -0.4 is 0 Å². The largest absolute Gasteiger partial charge is 0.0623 e. The summed E-state index contributed by atoms with van der Waals surface area (Å²) in [5.41, 5.74) is 2.42. The van der Waals surface area contributed by atoms with Crippen LogP contribution in [-0.4, -0.2) is 0 Å². The van der Waals surface area contributed by atoms with E-state index in [4.69, 9.17) is 0 Å². The highest BCUT2D eigenvalue weighted by atomic mass is 13.9. The first kappa shape index (κ1) is 17.2. The minimum absolute atomic E-state index is 1.21. The van der Waals surface area contributed by atoms with Crippen LogP contribution in [0.1, 0.15) is 11.1 Å². The van der Waals surface area contributed by atoms with Gasteiger partial charge in [-0.3, -0.25) is 0 Å². The van der Waals surface area contributed by atoms with Crippen LogP contribution in [0.2, 0.25) is 0 Å². The first-order valence-electron chi connectivity index (χ1n) is 8.07. The average Bonchev–Trinajstić information content (AvgIpc) is 2.64. The van der Waals surface area contributed by atoms with Gasteiger partial charge in [-0.25, -0.2) is 0 Å². The van der Waals surface area contributed by atoms with E-state index in [1.807, 2.05) is 97.2 Å². The van der Waals surface area contributed by atoms with Crippen molar-refractivity contribution in [1.29, 1.82) is 0 Å². The zero-order valence-electron chi connectivity index (χ0n) is 13.7. The third-order valence-corrected chi connectivity index (χ3v) is 3.18. The van der Waals surface area contributed by atoms with E-state index in [-0.39, 0.29) is 0 Å². The number of rotatable bonds is 7. The molecule has 24 heavy (non-hydrogen) atoms. The quantitative estimate of drug-likeness (QED) is 0.503. The van der Waals surface area contributed by atoms with Crippen molar-refractivity contribution in [2.24, 2.45) is 0 Å². The predicted octanol–water partition coefficient (Wildman–Crippen LogP) is 6.64. The molecule has 0 aliphatic carbocycles. The predicted molar refractivity (Wildman–Crippen MR) is 108 cm³/mol. The van der Waals surface area contributed by atoms with Gasteiger partial charge >= 0.3 is 0 Å². The van der Waals surface area contributed by atoms with Crippen LogP contribution >= 0.6 is 0 Å². The van der Waals surface area contributed by atoms with Crippen LogP contribution in [0, 0.1) is 0 Å². The molecule has 0 fully saturated rings. The third kappa shape index (κ3) is 7.77. The van der Waals surface area contributed by atoms with Gasteiger partial charge < -0.3 is 0 Å². The highest BCUT2D eigenvalue weighted by molar-refractivity contribution is 5.51. The van der Waals surface area contributed by atoms with Gasteiger partial charge in [0.2, 0.25) is 0 Å². The average molecular weight is 310 g/mol. The normalized spacial score (nSPS) is 12.8. The third-order valence-electron chi connectivity index (χ3n) is 3.18. The smallest absolute Gasteiger partial charge is 0.0257 e. The van der Waals surface area contributed by atoms with Crippen LogP contribution in [0.5, 0.6) is 0 Å². The Balaban J connectivity index is 1.67. The van der Waals surface area contributed by atoms with E-state index in [1.54, 1.807) is 0 Å². The molecular weight excluding hydrogens is 288 g/mol. The molecule has 0 heteroatoms. The lowest BCUT2D eigenvalue weighted by Gasteiger charge is -1.88. The summed E-state index contributed by atoms with van der Waals surface area (Å²) in [6.45, 7) is 0. The number of hydrogen-bond acceptors (Lipinski definition) is 0. The van der Waals surface area contributed by atoms with Crippen LogP contribution in [0.25, 0.3) is 12.2 Å². The van der Waals surface area contributed by atoms with Crippen molar-refractivity contribution < 1.29 is 0 Å². The topological polar surface area (TPSA) is 0 Å². The highest BCUT2D eigenvalue weighted by Gasteiger charge is 1.79. The van der Waals surface area contributed by atoms with Crippen molar-refractivity contribution in [1.82, 2.24) is 0 Å². The molecule has 0 aliphatic heterocycles. The highest BCUT2D eigenvalue weighted by Crippen LogP contribution is 2.01. The monoisotopic (exact) mass is 310 g/mol. The van der Waals surface area contributed by atoms with Gasteiger partial charge in [0.15, 0.2) is 0 Å². The molecule has 118 valence electrons. The van der Waals surface area contributed by atoms with Crippen LogP contribution in [-0.2, 0) is 0 Å². The molecule has 0 aromatic heterocycles. The van der Waals surface area contributed by atoms with Crippen LogP contribution in [0.15, 0.2) is 121 Å². The number of allylic oxidation sites excluding steroid dienone is 10. The zero-order valence-corrected chi connectivity index (χ0v) is 13.7. The lowest BCUT2D eigenvalue weighted by molar-refractivity contribution is 1.66. The summed E-state index contributed by atoms with van der Waals surface area (Å²) in [7, 11) is 0. The Morgan fingerprint density at radius 2 is 0.625 bits per heavy atom. The van der Waals surface area contributed by atoms with Crippen molar-refractivity contribution in [3.63, 3.8) is 0 Å². The zero-order chi connectivity index (χ0) is 16.7. The minimum Gasteiger partial charge on any atom is -0.0623 e. The number of hydrogen-bond donors (Lipinski definition) is 0. The molecule has 0 nitrogen and oxygen atoms in total. The SMILES string of the molecule is C(/C=C/C=C/C=C/c1ccccc1)=C\C=C\C=C\c1ccccc1. The van der Waals surface area contributed by atoms with Crippen molar-refractivity contribution in [3.8, 4) is 0 Å². The van der Waals surface area contributed by atoms with Crippen LogP contribution in [0.3, 0.4) is 0 Å². The Hall–Kier alpha value is -3.12. The maximum atomic E-state index is 2.09. The standard InChI is InChI=1S/C24H22/c1(3-5-7-11-17-23-19-13-9-14-20-23)2-4-6-8-12-18-24-21-15-10-16-22-24/h1-22H/b3-1+,4-2+,7-5+,8-6+,17-11+,18-12+. The van der Waals surface area contributed by atoms with Crippen molar-refractivity contribution >= 4 is 12.2 Å². The fraction of sp³-hybridized carbons (Fsp3) is 0. The lowest BCUT2D eigenvalue weighted by atomic mass is 10.2. The first-order chi connectivity index (χ1) is 11.9. The second-order valence-electron chi connectivity index (χ2n) is 5.08. The summed E-state index contributed by atoms with van der Waals surface area (Å²) in [6, 6.07) is 20.5. The molecular formula is C24H22. The summed E-state index contributed by atoms with van der Waals surface area (Å²) in [4.78, 5) is 0. The van der Waals surface area contributed by atoms with E-state index in [1.165, 1.54) is 11.1 Å². The Morgan fingerprint density at radius 1 is 0.333 bits per heavy atom. The molecule has 0 spiro atoms. The van der Waals surface area contributed by atoms with Crippen molar-refractivity contribution in [2.75, 3.05) is 0 Å². The van der Waals surface area contributed by atoms with Gasteiger partial charge in [0.05, 0.1) is 0 Å². The van der Waals surface area contributed by atoms with Crippen molar-refractivity contribution in [2.45, 2.75) is 0 Å². The van der Waals surface area contributed by atoms with E-state index in [0.717, 1.165) is 0 Å². The molecule has 0 unspecified atom stereocenters. The van der Waals surface area contributed by atoms with E-state index in [0.29, 0.717) is 0 Å². The fourth-order valence-corrected chi connectivity index (χ4v) is 1.97. The molecule has 2 rings (SSSR count). The van der Waals surface area contributed by atoms with Crippen LogP contribution in [0.4, 0.5) is 0 Å². The molecule has 0 saturated carbocycles. The number of benzene rings is 2. The van der Waals surface area contributed by atoms with E-state index >= 15 is 0 Å². The fourth-order valence-electron chi connectivity index (χ4n) is 1.97. The second-order valence-corrected chi connectivity index (χ2v) is 5.08.